The van der Waals surface area contributed by atoms with Gasteiger partial charge in [0.1, 0.15) is 27.7 Å². The van der Waals surface area contributed by atoms with E-state index >= 15 is 0 Å². The first kappa shape index (κ1) is 35.6. The first-order valence-electron chi connectivity index (χ1n) is 19.2. The number of anilines is 1. The van der Waals surface area contributed by atoms with E-state index in [1.54, 1.807) is 23.1 Å². The van der Waals surface area contributed by atoms with Gasteiger partial charge in [0.2, 0.25) is 11.8 Å². The van der Waals surface area contributed by atoms with Crippen LogP contribution in [-0.4, -0.2) is 67.3 Å². The number of para-hydroxylation sites is 3. The number of aromatic nitrogens is 1. The highest BCUT2D eigenvalue weighted by Gasteiger charge is 2.77. The van der Waals surface area contributed by atoms with Gasteiger partial charge in [0.25, 0.3) is 21.9 Å². The van der Waals surface area contributed by atoms with Crippen LogP contribution in [0.3, 0.4) is 0 Å². The number of carbonyl (C=O) groups excluding carboxylic acids is 3. The van der Waals surface area contributed by atoms with Gasteiger partial charge in [0, 0.05) is 24.4 Å². The maximum Gasteiger partial charge on any atom is 0.296 e. The van der Waals surface area contributed by atoms with E-state index in [4.69, 9.17) is 9.15 Å². The molecule has 3 aromatic rings. The Bertz CT molecular complexity index is 2020. The highest BCUT2D eigenvalue weighted by Crippen LogP contribution is 2.78. The molecule has 4 fully saturated rings. The molecular formula is C40H49N5O7S. The molecular weight excluding hydrogens is 695 g/mol. The summed E-state index contributed by atoms with van der Waals surface area (Å²) in [6.45, 7) is 4.97. The van der Waals surface area contributed by atoms with Crippen molar-refractivity contribution in [2.45, 2.75) is 94.5 Å². The summed E-state index contributed by atoms with van der Waals surface area (Å²) in [7, 11) is -4.32. The molecule has 0 radical (unpaired) electrons. The molecule has 3 N–H and O–H groups in total. The molecule has 8 rings (SSSR count). The number of allylic oxidation sites excluding steroid dienone is 1. The van der Waals surface area contributed by atoms with E-state index in [0.29, 0.717) is 24.3 Å². The van der Waals surface area contributed by atoms with Gasteiger partial charge in [0.05, 0.1) is 12.5 Å². The number of fused-ring (bicyclic) bond motifs is 4. The second-order valence-electron chi connectivity index (χ2n) is 16.2. The molecule has 5 aliphatic rings. The predicted molar refractivity (Wildman–Crippen MR) is 198 cm³/mol. The minimum Gasteiger partial charge on any atom is -0.492 e. The van der Waals surface area contributed by atoms with Crippen LogP contribution < -0.4 is 20.1 Å². The van der Waals surface area contributed by atoms with Crippen molar-refractivity contribution in [3.05, 3.63) is 60.7 Å². The van der Waals surface area contributed by atoms with Crippen LogP contribution >= 0.6 is 0 Å². The number of rotatable bonds is 6. The summed E-state index contributed by atoms with van der Waals surface area (Å²) < 4.78 is 41.5. The van der Waals surface area contributed by atoms with E-state index in [2.05, 4.69) is 20.3 Å². The van der Waals surface area contributed by atoms with Crippen molar-refractivity contribution in [2.24, 2.45) is 28.6 Å². The van der Waals surface area contributed by atoms with Crippen molar-refractivity contribution >= 4 is 44.9 Å². The minimum atomic E-state index is -4.32. The maximum absolute atomic E-state index is 14.6. The van der Waals surface area contributed by atoms with Gasteiger partial charge in [-0.05, 0) is 80.5 Å². The van der Waals surface area contributed by atoms with Crippen LogP contribution in [0.5, 0.6) is 5.75 Å². The molecule has 13 heteroatoms. The lowest BCUT2D eigenvalue weighted by Crippen LogP contribution is -2.54. The van der Waals surface area contributed by atoms with Crippen molar-refractivity contribution in [3.8, 4) is 5.75 Å². The first-order chi connectivity index (χ1) is 25.5. The number of amides is 3. The van der Waals surface area contributed by atoms with Crippen molar-refractivity contribution in [2.75, 3.05) is 25.0 Å². The Balaban J connectivity index is 1.04. The van der Waals surface area contributed by atoms with E-state index in [9.17, 15) is 22.8 Å². The Morgan fingerprint density at radius 2 is 1.79 bits per heavy atom. The van der Waals surface area contributed by atoms with E-state index in [0.717, 1.165) is 57.8 Å². The fourth-order valence-corrected chi connectivity index (χ4v) is 10.4. The number of hydrogen-bond donors (Lipinski definition) is 3. The molecule has 2 aromatic carbocycles. The lowest BCUT2D eigenvalue weighted by atomic mass is 9.71. The monoisotopic (exact) mass is 743 g/mol. The maximum atomic E-state index is 14.6. The molecule has 2 spiro atoms. The first-order valence-corrected chi connectivity index (χ1v) is 20.6. The smallest absolute Gasteiger partial charge is 0.296 e. The Morgan fingerprint density at radius 1 is 1.02 bits per heavy atom. The molecule has 3 amide bonds. The van der Waals surface area contributed by atoms with Gasteiger partial charge in [-0.25, -0.2) is 13.1 Å². The summed E-state index contributed by atoms with van der Waals surface area (Å²) in [6.07, 6.45) is 12.8. The number of sulfonamides is 1. The van der Waals surface area contributed by atoms with Crippen LogP contribution in [0.2, 0.25) is 0 Å². The Kier molecular flexibility index (Phi) is 9.06. The average molecular weight is 744 g/mol. The average Bonchev–Trinajstić information content (AvgIpc) is 3.86. The zero-order valence-corrected chi connectivity index (χ0v) is 31.3. The molecule has 3 saturated carbocycles. The largest absolute Gasteiger partial charge is 0.492 e. The Morgan fingerprint density at radius 3 is 2.55 bits per heavy atom. The third kappa shape index (κ3) is 6.38. The number of oxazole rings is 1. The van der Waals surface area contributed by atoms with E-state index in [1.807, 2.05) is 50.3 Å². The lowest BCUT2D eigenvalue weighted by molar-refractivity contribution is -0.134. The summed E-state index contributed by atoms with van der Waals surface area (Å²) >= 11 is 0. The number of benzene rings is 2. The number of carbonyl (C=O) groups is 3. The van der Waals surface area contributed by atoms with Gasteiger partial charge < -0.3 is 24.7 Å². The summed E-state index contributed by atoms with van der Waals surface area (Å²) in [4.78, 5) is 49.3. The summed E-state index contributed by atoms with van der Waals surface area (Å²) in [6, 6.07) is 13.4. The molecule has 3 heterocycles. The third-order valence-corrected chi connectivity index (χ3v) is 14.0. The molecule has 282 valence electrons. The number of hydrogen-bond acceptors (Lipinski definition) is 9. The summed E-state index contributed by atoms with van der Waals surface area (Å²) in [5.74, 6) is -2.01. The second kappa shape index (κ2) is 13.5. The number of nitrogens with one attached hydrogen (secondary N) is 3. The molecule has 3 aliphatic carbocycles. The van der Waals surface area contributed by atoms with Crippen LogP contribution in [0.1, 0.15) is 78.1 Å². The van der Waals surface area contributed by atoms with Crippen LogP contribution in [0.15, 0.2) is 70.0 Å². The normalized spacial score (nSPS) is 29.4. The minimum absolute atomic E-state index is 0.00138. The van der Waals surface area contributed by atoms with Crippen LogP contribution in [-0.2, 0) is 24.4 Å². The molecule has 53 heavy (non-hydrogen) atoms. The zero-order chi connectivity index (χ0) is 37.0. The molecule has 12 nitrogen and oxygen atoms in total. The van der Waals surface area contributed by atoms with Gasteiger partial charge >= 0.3 is 0 Å². The third-order valence-electron chi connectivity index (χ3n) is 12.6. The van der Waals surface area contributed by atoms with Crippen LogP contribution in [0.4, 0.5) is 6.01 Å². The molecule has 1 unspecified atom stereocenters. The van der Waals surface area contributed by atoms with Gasteiger partial charge in [-0.2, -0.15) is 4.98 Å². The number of ether oxygens (including phenoxy) is 1. The fourth-order valence-electron chi connectivity index (χ4n) is 9.25. The topological polar surface area (TPSA) is 160 Å². The van der Waals surface area contributed by atoms with E-state index < -0.39 is 38.8 Å². The van der Waals surface area contributed by atoms with Crippen LogP contribution in [0.25, 0.3) is 11.1 Å². The SMILES string of the molecule is CC(C)C(Nc1nc2ccccc2o1)C(=O)N1C[C@H](C(=O)N[C@]23C[C@H]2C=CCCCCCCOc2ccccc2S(=O)(=O)NC3=O)[C@]2(C1)CC21CCC1. The predicted octanol–water partition coefficient (Wildman–Crippen LogP) is 5.56. The van der Waals surface area contributed by atoms with E-state index in [-0.39, 0.29) is 58.7 Å². The fraction of sp³-hybridized carbons (Fsp3) is 0.550. The molecule has 1 aromatic heterocycles. The van der Waals surface area contributed by atoms with Crippen molar-refractivity contribution in [1.82, 2.24) is 19.9 Å². The Hall–Kier alpha value is -4.39. The number of likely N-dealkylation sites (tertiary alicyclic amines) is 1. The van der Waals surface area contributed by atoms with Crippen molar-refractivity contribution < 1.29 is 32.0 Å². The highest BCUT2D eigenvalue weighted by atomic mass is 32.2. The van der Waals surface area contributed by atoms with Gasteiger partial charge in [-0.3, -0.25) is 14.4 Å². The van der Waals surface area contributed by atoms with Crippen molar-refractivity contribution in [3.63, 3.8) is 0 Å². The molecule has 5 atom stereocenters. The van der Waals surface area contributed by atoms with Crippen LogP contribution in [0, 0.1) is 28.6 Å². The molecule has 0 bridgehead atoms. The summed E-state index contributed by atoms with van der Waals surface area (Å²) in [5, 5.41) is 6.33. The standard InChI is InChI=1S/C40H49N5O7S/c1-26(2)33(42-37-41-29-15-8-9-16-30(29)52-37)35(47)45-23-28(39(25-45)24-38(39)19-13-20-38)34(46)43-40-22-27(40)14-7-5-3-4-6-12-21-51-31-17-10-11-18-32(31)53(49,50)44-36(40)48/h7-11,14-18,26-28,33H,3-6,12-13,19-25H2,1-2H3,(H,41,42)(H,43,46)(H,44,48)/t27-,28-,33?,39-,40-/m1/s1. The van der Waals surface area contributed by atoms with Gasteiger partial charge in [-0.1, -0.05) is 69.5 Å². The Labute approximate surface area is 310 Å². The second-order valence-corrected chi connectivity index (χ2v) is 17.9. The van der Waals surface area contributed by atoms with Gasteiger partial charge in [0.15, 0.2) is 5.58 Å². The molecule has 1 saturated heterocycles. The van der Waals surface area contributed by atoms with E-state index in [1.165, 1.54) is 6.07 Å². The quantitative estimate of drug-likeness (QED) is 0.275. The zero-order valence-electron chi connectivity index (χ0n) is 30.4. The lowest BCUT2D eigenvalue weighted by Gasteiger charge is -2.34. The molecule has 2 aliphatic heterocycles. The summed E-state index contributed by atoms with van der Waals surface area (Å²) in [5.41, 5.74) is -0.502. The number of nitrogens with zero attached hydrogens (tertiary/aromatic N) is 2. The van der Waals surface area contributed by atoms with Gasteiger partial charge in [-0.15, -0.1) is 0 Å². The highest BCUT2D eigenvalue weighted by molar-refractivity contribution is 7.90. The van der Waals surface area contributed by atoms with Crippen molar-refractivity contribution in [1.29, 1.82) is 0 Å².